The molecule has 0 bridgehead atoms. The van der Waals surface area contributed by atoms with Crippen LogP contribution in [-0.4, -0.2) is 35.6 Å². The van der Waals surface area contributed by atoms with Gasteiger partial charge in [0.15, 0.2) is 0 Å². The number of likely N-dealkylation sites (tertiary alicyclic amines) is 1. The van der Waals surface area contributed by atoms with E-state index in [2.05, 4.69) is 5.32 Å². The Labute approximate surface area is 162 Å². The van der Waals surface area contributed by atoms with E-state index in [1.165, 1.54) is 11.8 Å². The third kappa shape index (κ3) is 5.02. The van der Waals surface area contributed by atoms with Crippen LogP contribution in [0.5, 0.6) is 0 Å². The van der Waals surface area contributed by atoms with E-state index in [0.29, 0.717) is 22.9 Å². The van der Waals surface area contributed by atoms with Gasteiger partial charge in [-0.2, -0.15) is 0 Å². The maximum absolute atomic E-state index is 12.6. The molecule has 0 radical (unpaired) electrons. The third-order valence-corrected chi connectivity index (χ3v) is 5.58. The first-order valence-electron chi connectivity index (χ1n) is 8.66. The van der Waals surface area contributed by atoms with Crippen LogP contribution in [0.15, 0.2) is 53.4 Å². The number of amides is 2. The molecule has 0 aromatic heterocycles. The van der Waals surface area contributed by atoms with Crippen LogP contribution < -0.4 is 5.32 Å². The van der Waals surface area contributed by atoms with Gasteiger partial charge in [0.1, 0.15) is 0 Å². The Bertz CT molecular complexity index is 791. The van der Waals surface area contributed by atoms with Crippen LogP contribution in [0.1, 0.15) is 28.8 Å². The highest BCUT2D eigenvalue weighted by atomic mass is 35.5. The molecular formula is C20H21ClN2O2S. The molecule has 1 fully saturated rings. The largest absolute Gasteiger partial charge is 0.348 e. The second-order valence-corrected chi connectivity index (χ2v) is 7.64. The van der Waals surface area contributed by atoms with E-state index >= 15 is 0 Å². The SMILES string of the molecule is O=C(NCc1cccc(Cl)c1)c1ccccc1SCC(=O)N1CCCC1. The lowest BCUT2D eigenvalue weighted by molar-refractivity contribution is -0.127. The van der Waals surface area contributed by atoms with Crippen molar-refractivity contribution in [3.8, 4) is 0 Å². The van der Waals surface area contributed by atoms with Crippen molar-refractivity contribution in [2.45, 2.75) is 24.3 Å². The molecule has 2 aromatic rings. The number of halogens is 1. The number of hydrogen-bond acceptors (Lipinski definition) is 3. The summed E-state index contributed by atoms with van der Waals surface area (Å²) in [5, 5.41) is 3.57. The number of thioether (sulfide) groups is 1. The zero-order chi connectivity index (χ0) is 18.4. The van der Waals surface area contributed by atoms with Crippen molar-refractivity contribution in [1.82, 2.24) is 10.2 Å². The highest BCUT2D eigenvalue weighted by Gasteiger charge is 2.19. The van der Waals surface area contributed by atoms with Gasteiger partial charge >= 0.3 is 0 Å². The van der Waals surface area contributed by atoms with Gasteiger partial charge in [-0.1, -0.05) is 35.9 Å². The van der Waals surface area contributed by atoms with E-state index in [-0.39, 0.29) is 11.8 Å². The van der Waals surface area contributed by atoms with E-state index in [4.69, 9.17) is 11.6 Å². The molecule has 0 unspecified atom stereocenters. The van der Waals surface area contributed by atoms with Gasteiger partial charge in [-0.25, -0.2) is 0 Å². The summed E-state index contributed by atoms with van der Waals surface area (Å²) in [6.45, 7) is 2.10. The number of rotatable bonds is 6. The second kappa shape index (κ2) is 9.10. The van der Waals surface area contributed by atoms with Crippen molar-refractivity contribution in [2.24, 2.45) is 0 Å². The molecule has 2 amide bonds. The van der Waals surface area contributed by atoms with Gasteiger partial charge in [0.2, 0.25) is 5.91 Å². The predicted molar refractivity (Wildman–Crippen MR) is 106 cm³/mol. The van der Waals surface area contributed by atoms with Crippen LogP contribution in [-0.2, 0) is 11.3 Å². The van der Waals surface area contributed by atoms with Crippen LogP contribution in [0.25, 0.3) is 0 Å². The number of hydrogen-bond donors (Lipinski definition) is 1. The Balaban J connectivity index is 1.60. The monoisotopic (exact) mass is 388 g/mol. The highest BCUT2D eigenvalue weighted by Crippen LogP contribution is 2.24. The maximum Gasteiger partial charge on any atom is 0.252 e. The van der Waals surface area contributed by atoms with Gasteiger partial charge in [0.25, 0.3) is 5.91 Å². The number of benzene rings is 2. The minimum Gasteiger partial charge on any atom is -0.348 e. The summed E-state index contributed by atoms with van der Waals surface area (Å²) in [5.74, 6) is 0.349. The number of nitrogens with one attached hydrogen (secondary N) is 1. The first-order chi connectivity index (χ1) is 12.6. The van der Waals surface area contributed by atoms with E-state index in [9.17, 15) is 9.59 Å². The fraction of sp³-hybridized carbons (Fsp3) is 0.300. The molecule has 3 rings (SSSR count). The molecule has 1 heterocycles. The van der Waals surface area contributed by atoms with Crippen molar-refractivity contribution < 1.29 is 9.59 Å². The zero-order valence-electron chi connectivity index (χ0n) is 14.4. The average Bonchev–Trinajstić information content (AvgIpc) is 3.19. The average molecular weight is 389 g/mol. The van der Waals surface area contributed by atoms with Crippen molar-refractivity contribution in [2.75, 3.05) is 18.8 Å². The number of carbonyl (C=O) groups is 2. The maximum atomic E-state index is 12.6. The molecule has 1 saturated heterocycles. The Hall–Kier alpha value is -1.98. The van der Waals surface area contributed by atoms with Crippen LogP contribution in [0.2, 0.25) is 5.02 Å². The van der Waals surface area contributed by atoms with E-state index < -0.39 is 0 Å². The minimum atomic E-state index is -0.151. The number of nitrogens with zero attached hydrogens (tertiary/aromatic N) is 1. The molecule has 1 aliphatic heterocycles. The third-order valence-electron chi connectivity index (χ3n) is 4.28. The van der Waals surface area contributed by atoms with Gasteiger partial charge in [0.05, 0.1) is 11.3 Å². The topological polar surface area (TPSA) is 49.4 Å². The fourth-order valence-corrected chi connectivity index (χ4v) is 4.07. The first kappa shape index (κ1) is 18.8. The molecule has 2 aromatic carbocycles. The molecule has 4 nitrogen and oxygen atoms in total. The molecule has 136 valence electrons. The summed E-state index contributed by atoms with van der Waals surface area (Å²) in [4.78, 5) is 27.5. The minimum absolute atomic E-state index is 0.140. The van der Waals surface area contributed by atoms with Crippen LogP contribution >= 0.6 is 23.4 Å². The Morgan fingerprint density at radius 1 is 1.08 bits per heavy atom. The Morgan fingerprint density at radius 3 is 2.62 bits per heavy atom. The highest BCUT2D eigenvalue weighted by molar-refractivity contribution is 8.00. The summed E-state index contributed by atoms with van der Waals surface area (Å²) >= 11 is 7.40. The predicted octanol–water partition coefficient (Wildman–Crippen LogP) is 3.98. The molecule has 0 aliphatic carbocycles. The van der Waals surface area contributed by atoms with Gasteiger partial charge in [-0.3, -0.25) is 9.59 Å². The summed E-state index contributed by atoms with van der Waals surface area (Å²) in [5.41, 5.74) is 1.54. The van der Waals surface area contributed by atoms with Gasteiger partial charge < -0.3 is 10.2 Å². The molecule has 26 heavy (non-hydrogen) atoms. The normalized spacial score (nSPS) is 13.7. The lowest BCUT2D eigenvalue weighted by Gasteiger charge is -2.15. The molecule has 1 aliphatic rings. The smallest absolute Gasteiger partial charge is 0.252 e. The molecular weight excluding hydrogens is 368 g/mol. The Morgan fingerprint density at radius 2 is 1.85 bits per heavy atom. The van der Waals surface area contributed by atoms with Crippen molar-refractivity contribution in [3.05, 3.63) is 64.7 Å². The van der Waals surface area contributed by atoms with Gasteiger partial charge in [0, 0.05) is 29.6 Å². The fourth-order valence-electron chi connectivity index (χ4n) is 2.90. The first-order valence-corrected chi connectivity index (χ1v) is 10.0. The molecule has 6 heteroatoms. The van der Waals surface area contributed by atoms with Crippen molar-refractivity contribution in [3.63, 3.8) is 0 Å². The van der Waals surface area contributed by atoms with E-state index in [1.54, 1.807) is 12.1 Å². The lowest BCUT2D eigenvalue weighted by Crippen LogP contribution is -2.29. The molecule has 0 saturated carbocycles. The summed E-state index contributed by atoms with van der Waals surface area (Å²) < 4.78 is 0. The molecule has 0 atom stereocenters. The van der Waals surface area contributed by atoms with Crippen LogP contribution in [0.4, 0.5) is 0 Å². The summed E-state index contributed by atoms with van der Waals surface area (Å²) in [7, 11) is 0. The zero-order valence-corrected chi connectivity index (χ0v) is 16.0. The van der Waals surface area contributed by atoms with E-state index in [0.717, 1.165) is 36.4 Å². The van der Waals surface area contributed by atoms with Crippen LogP contribution in [0, 0.1) is 0 Å². The summed E-state index contributed by atoms with van der Waals surface area (Å²) in [6, 6.07) is 14.8. The van der Waals surface area contributed by atoms with Crippen molar-refractivity contribution in [1.29, 1.82) is 0 Å². The van der Waals surface area contributed by atoms with Crippen LogP contribution in [0.3, 0.4) is 0 Å². The van der Waals surface area contributed by atoms with Gasteiger partial charge in [-0.05, 0) is 42.7 Å². The van der Waals surface area contributed by atoms with Gasteiger partial charge in [-0.15, -0.1) is 11.8 Å². The standard InChI is InChI=1S/C20H21ClN2O2S/c21-16-7-5-6-15(12-16)13-22-20(25)17-8-1-2-9-18(17)26-14-19(24)23-10-3-4-11-23/h1-2,5-9,12H,3-4,10-11,13-14H2,(H,22,25). The van der Waals surface area contributed by atoms with Crippen molar-refractivity contribution >= 4 is 35.2 Å². The van der Waals surface area contributed by atoms with E-state index in [1.807, 2.05) is 41.3 Å². The second-order valence-electron chi connectivity index (χ2n) is 6.19. The Kier molecular flexibility index (Phi) is 6.58. The lowest BCUT2D eigenvalue weighted by atomic mass is 10.2. The number of carbonyl (C=O) groups excluding carboxylic acids is 2. The summed E-state index contributed by atoms with van der Waals surface area (Å²) in [6.07, 6.45) is 2.16. The molecule has 1 N–H and O–H groups in total. The molecule has 0 spiro atoms. The quantitative estimate of drug-likeness (QED) is 0.761.